The van der Waals surface area contributed by atoms with E-state index in [1.165, 1.54) is 0 Å². The molecule has 6 nitrogen and oxygen atoms in total. The Morgan fingerprint density at radius 1 is 1.30 bits per heavy atom. The Morgan fingerprint density at radius 3 is 2.80 bits per heavy atom. The van der Waals surface area contributed by atoms with Gasteiger partial charge in [-0.25, -0.2) is 4.79 Å². The second kappa shape index (κ2) is 8.15. The van der Waals surface area contributed by atoms with E-state index in [1.807, 2.05) is 43.4 Å². The number of hydrogen-bond donors (Lipinski definition) is 0. The van der Waals surface area contributed by atoms with Crippen molar-refractivity contribution in [1.82, 2.24) is 0 Å². The summed E-state index contributed by atoms with van der Waals surface area (Å²) in [5.41, 5.74) is 2.95. The monoisotopic (exact) mass is 422 g/mol. The molecular formula is C23H22N2O4S. The van der Waals surface area contributed by atoms with Crippen molar-refractivity contribution in [2.75, 3.05) is 25.2 Å². The predicted octanol–water partition coefficient (Wildman–Crippen LogP) is 4.52. The number of nitrogens with zero attached hydrogens (tertiary/aromatic N) is 2. The number of ether oxygens (including phenoxy) is 3. The van der Waals surface area contributed by atoms with E-state index in [4.69, 9.17) is 14.2 Å². The minimum atomic E-state index is -0.683. The van der Waals surface area contributed by atoms with Gasteiger partial charge in [-0.2, -0.15) is 5.26 Å². The highest BCUT2D eigenvalue weighted by atomic mass is 32.2. The van der Waals surface area contributed by atoms with Crippen LogP contribution in [0.4, 0.5) is 11.4 Å². The molecule has 4 rings (SSSR count). The minimum Gasteiger partial charge on any atom is -0.459 e. The van der Waals surface area contributed by atoms with Crippen molar-refractivity contribution in [2.45, 2.75) is 35.5 Å². The number of nitriles is 1. The van der Waals surface area contributed by atoms with Crippen molar-refractivity contribution in [2.24, 2.45) is 0 Å². The van der Waals surface area contributed by atoms with E-state index in [2.05, 4.69) is 17.0 Å². The largest absolute Gasteiger partial charge is 0.459 e. The zero-order valence-corrected chi connectivity index (χ0v) is 17.9. The Hall–Kier alpha value is -2.79. The van der Waals surface area contributed by atoms with Gasteiger partial charge in [-0.05, 0) is 49.8 Å². The van der Waals surface area contributed by atoms with Gasteiger partial charge in [0, 0.05) is 16.8 Å². The molecule has 2 aromatic rings. The van der Waals surface area contributed by atoms with Crippen LogP contribution in [0, 0.1) is 11.3 Å². The van der Waals surface area contributed by atoms with Crippen molar-refractivity contribution in [3.05, 3.63) is 53.6 Å². The number of benzene rings is 2. The molecule has 0 saturated carbocycles. The number of rotatable bonds is 4. The van der Waals surface area contributed by atoms with Gasteiger partial charge in [0.2, 0.25) is 0 Å². The molecule has 154 valence electrons. The second-order valence-corrected chi connectivity index (χ2v) is 8.66. The molecule has 1 saturated heterocycles. The smallest absolute Gasteiger partial charge is 0.348 e. The van der Waals surface area contributed by atoms with Crippen LogP contribution >= 0.6 is 11.8 Å². The maximum Gasteiger partial charge on any atom is 0.348 e. The van der Waals surface area contributed by atoms with Crippen LogP contribution in [0.2, 0.25) is 0 Å². The third kappa shape index (κ3) is 4.21. The van der Waals surface area contributed by atoms with Crippen LogP contribution in [0.25, 0.3) is 6.08 Å². The van der Waals surface area contributed by atoms with Gasteiger partial charge in [-0.3, -0.25) is 0 Å². The van der Waals surface area contributed by atoms with Crippen LogP contribution in [0.15, 0.2) is 57.8 Å². The van der Waals surface area contributed by atoms with Crippen molar-refractivity contribution in [3.63, 3.8) is 0 Å². The first kappa shape index (κ1) is 20.5. The van der Waals surface area contributed by atoms with Crippen molar-refractivity contribution in [1.29, 1.82) is 5.26 Å². The predicted molar refractivity (Wildman–Crippen MR) is 115 cm³/mol. The van der Waals surface area contributed by atoms with E-state index < -0.39 is 11.8 Å². The normalized spacial score (nSPS) is 19.6. The van der Waals surface area contributed by atoms with Crippen molar-refractivity contribution >= 4 is 35.2 Å². The Kier molecular flexibility index (Phi) is 5.56. The molecule has 1 fully saturated rings. The molecule has 0 bridgehead atoms. The van der Waals surface area contributed by atoms with Gasteiger partial charge < -0.3 is 19.1 Å². The van der Waals surface area contributed by atoms with Crippen LogP contribution in [-0.2, 0) is 19.0 Å². The first-order valence-corrected chi connectivity index (χ1v) is 10.4. The maximum atomic E-state index is 12.4. The molecule has 2 aromatic carbocycles. The van der Waals surface area contributed by atoms with Gasteiger partial charge in [0.05, 0.1) is 18.0 Å². The average molecular weight is 423 g/mol. The van der Waals surface area contributed by atoms with Crippen LogP contribution in [0.3, 0.4) is 0 Å². The molecule has 2 aliphatic rings. The van der Waals surface area contributed by atoms with Gasteiger partial charge in [0.15, 0.2) is 5.79 Å². The molecular weight excluding hydrogens is 400 g/mol. The number of para-hydroxylation sites is 1. The lowest BCUT2D eigenvalue weighted by atomic mass is 10.1. The first-order valence-electron chi connectivity index (χ1n) is 9.62. The van der Waals surface area contributed by atoms with Gasteiger partial charge in [0.1, 0.15) is 24.4 Å². The third-order valence-electron chi connectivity index (χ3n) is 4.91. The third-order valence-corrected chi connectivity index (χ3v) is 6.02. The number of esters is 1. The summed E-state index contributed by atoms with van der Waals surface area (Å²) in [5.74, 6) is -1.35. The highest BCUT2D eigenvalue weighted by Crippen LogP contribution is 2.47. The average Bonchev–Trinajstić information content (AvgIpc) is 3.09. The summed E-state index contributed by atoms with van der Waals surface area (Å²) in [5, 5.41) is 9.45. The Balaban J connectivity index is 1.48. The lowest BCUT2D eigenvalue weighted by Gasteiger charge is -2.29. The van der Waals surface area contributed by atoms with Gasteiger partial charge in [-0.15, -0.1) is 0 Å². The van der Waals surface area contributed by atoms with Crippen LogP contribution < -0.4 is 4.90 Å². The van der Waals surface area contributed by atoms with E-state index in [0.717, 1.165) is 26.7 Å². The summed E-state index contributed by atoms with van der Waals surface area (Å²) in [4.78, 5) is 16.7. The second-order valence-electron chi connectivity index (χ2n) is 7.57. The van der Waals surface area contributed by atoms with E-state index in [0.29, 0.717) is 6.61 Å². The van der Waals surface area contributed by atoms with Crippen molar-refractivity contribution < 1.29 is 19.0 Å². The molecule has 1 unspecified atom stereocenters. The molecule has 7 heteroatoms. The number of anilines is 2. The van der Waals surface area contributed by atoms with Crippen LogP contribution in [0.1, 0.15) is 19.4 Å². The van der Waals surface area contributed by atoms with Gasteiger partial charge in [-0.1, -0.05) is 30.0 Å². The fourth-order valence-electron chi connectivity index (χ4n) is 3.44. The molecule has 0 aliphatic carbocycles. The molecule has 0 amide bonds. The van der Waals surface area contributed by atoms with Crippen LogP contribution in [0.5, 0.6) is 0 Å². The highest BCUT2D eigenvalue weighted by Gasteiger charge is 2.33. The molecule has 30 heavy (non-hydrogen) atoms. The standard InChI is InChI=1S/C23H22N2O4S/c1-23(2)28-14-17(29-23)13-27-22(26)16(12-24)10-15-8-9-19-21(11-15)30-20-7-5-4-6-18(20)25(19)3/h4-11,17H,13-14H2,1-3H3. The summed E-state index contributed by atoms with van der Waals surface area (Å²) in [6.07, 6.45) is 1.22. The Morgan fingerprint density at radius 2 is 2.07 bits per heavy atom. The topological polar surface area (TPSA) is 71.8 Å². The van der Waals surface area contributed by atoms with E-state index in [1.54, 1.807) is 31.7 Å². The molecule has 0 aromatic heterocycles. The molecule has 0 spiro atoms. The lowest BCUT2D eigenvalue weighted by Crippen LogP contribution is -2.25. The first-order chi connectivity index (χ1) is 14.4. The zero-order chi connectivity index (χ0) is 21.3. The SMILES string of the molecule is CN1c2ccccc2Sc2cc(C=C(C#N)C(=O)OCC3COC(C)(C)O3)ccc21. The lowest BCUT2D eigenvalue weighted by molar-refractivity contribution is -0.155. The summed E-state index contributed by atoms with van der Waals surface area (Å²) in [6, 6.07) is 16.0. The van der Waals surface area contributed by atoms with E-state index in [-0.39, 0.29) is 18.3 Å². The Bertz CT molecular complexity index is 1060. The van der Waals surface area contributed by atoms with Crippen LogP contribution in [-0.4, -0.2) is 38.1 Å². The number of fused-ring (bicyclic) bond motifs is 2. The molecule has 2 heterocycles. The van der Waals surface area contributed by atoms with Gasteiger partial charge >= 0.3 is 5.97 Å². The highest BCUT2D eigenvalue weighted by molar-refractivity contribution is 7.99. The molecule has 0 N–H and O–H groups in total. The quantitative estimate of drug-likeness (QED) is 0.407. The van der Waals surface area contributed by atoms with E-state index >= 15 is 0 Å². The number of hydrogen-bond acceptors (Lipinski definition) is 7. The zero-order valence-electron chi connectivity index (χ0n) is 17.0. The maximum absolute atomic E-state index is 12.4. The fraction of sp³-hybridized carbons (Fsp3) is 0.304. The van der Waals surface area contributed by atoms with Gasteiger partial charge in [0.25, 0.3) is 0 Å². The summed E-state index contributed by atoms with van der Waals surface area (Å²) in [7, 11) is 2.03. The van der Waals surface area contributed by atoms with Crippen molar-refractivity contribution in [3.8, 4) is 6.07 Å². The molecule has 0 radical (unpaired) electrons. The summed E-state index contributed by atoms with van der Waals surface area (Å²) in [6.45, 7) is 4.00. The Labute approximate surface area is 180 Å². The number of carbonyl (C=O) groups excluding carboxylic acids is 1. The minimum absolute atomic E-state index is 0.0445. The molecule has 1 atom stereocenters. The molecule has 2 aliphatic heterocycles. The number of carbonyl (C=O) groups is 1. The fourth-order valence-corrected chi connectivity index (χ4v) is 4.64. The van der Waals surface area contributed by atoms with E-state index in [9.17, 15) is 10.1 Å². The summed E-state index contributed by atoms with van der Waals surface area (Å²) < 4.78 is 16.3. The summed E-state index contributed by atoms with van der Waals surface area (Å²) >= 11 is 1.67.